The Balaban J connectivity index is 1.48. The van der Waals surface area contributed by atoms with E-state index < -0.39 is 5.97 Å². The number of ether oxygens (including phenoxy) is 2. The van der Waals surface area contributed by atoms with E-state index in [0.29, 0.717) is 11.4 Å². The fourth-order valence-electron chi connectivity index (χ4n) is 2.57. The molecular formula is C21H21N3O5. The van der Waals surface area contributed by atoms with Crippen LogP contribution in [0.4, 0.5) is 5.69 Å². The van der Waals surface area contributed by atoms with Gasteiger partial charge in [-0.15, -0.1) is 0 Å². The lowest BCUT2D eigenvalue weighted by Crippen LogP contribution is -2.15. The molecule has 1 amide bonds. The van der Waals surface area contributed by atoms with Gasteiger partial charge in [0.25, 0.3) is 5.89 Å². The molecule has 8 heteroatoms. The van der Waals surface area contributed by atoms with E-state index in [1.54, 1.807) is 24.3 Å². The molecular weight excluding hydrogens is 374 g/mol. The van der Waals surface area contributed by atoms with Crippen molar-refractivity contribution in [2.75, 3.05) is 12.4 Å². The summed E-state index contributed by atoms with van der Waals surface area (Å²) in [5.41, 5.74) is 2.53. The first-order chi connectivity index (χ1) is 14.0. The number of hydrogen-bond acceptors (Lipinski definition) is 7. The largest absolute Gasteiger partial charge is 0.495 e. The molecule has 0 aliphatic carbocycles. The molecule has 150 valence electrons. The van der Waals surface area contributed by atoms with Crippen molar-refractivity contribution in [3.8, 4) is 5.75 Å². The molecule has 1 N–H and O–H groups in total. The van der Waals surface area contributed by atoms with E-state index in [0.717, 1.165) is 11.1 Å². The minimum atomic E-state index is -0.400. The van der Waals surface area contributed by atoms with Gasteiger partial charge in [0.05, 0.1) is 25.6 Å². The lowest BCUT2D eigenvalue weighted by molar-refractivity contribution is -0.144. The summed E-state index contributed by atoms with van der Waals surface area (Å²) in [5, 5.41) is 6.47. The second-order valence-electron chi connectivity index (χ2n) is 6.35. The normalized spacial score (nSPS) is 10.4. The van der Waals surface area contributed by atoms with Gasteiger partial charge in [-0.3, -0.25) is 9.59 Å². The number of nitrogens with zero attached hydrogens (tertiary/aromatic N) is 2. The van der Waals surface area contributed by atoms with E-state index in [-0.39, 0.29) is 37.1 Å². The number of rotatable bonds is 8. The summed E-state index contributed by atoms with van der Waals surface area (Å²) in [5.74, 6) is 0.153. The first kappa shape index (κ1) is 20.1. The van der Waals surface area contributed by atoms with Gasteiger partial charge in [-0.25, -0.2) is 0 Å². The van der Waals surface area contributed by atoms with E-state index in [9.17, 15) is 9.59 Å². The Hall–Kier alpha value is -3.68. The van der Waals surface area contributed by atoms with Crippen LogP contribution < -0.4 is 10.1 Å². The molecule has 0 bridgehead atoms. The topological polar surface area (TPSA) is 104 Å². The van der Waals surface area contributed by atoms with Crippen molar-refractivity contribution in [2.45, 2.75) is 26.4 Å². The monoisotopic (exact) mass is 395 g/mol. The van der Waals surface area contributed by atoms with Crippen molar-refractivity contribution >= 4 is 17.6 Å². The summed E-state index contributed by atoms with van der Waals surface area (Å²) in [6.07, 6.45) is 0.0709. The number of anilines is 1. The Morgan fingerprint density at radius 2 is 1.83 bits per heavy atom. The lowest BCUT2D eigenvalue weighted by Gasteiger charge is -2.08. The summed E-state index contributed by atoms with van der Waals surface area (Å²) in [4.78, 5) is 28.2. The van der Waals surface area contributed by atoms with Crippen molar-refractivity contribution in [2.24, 2.45) is 0 Å². The number of para-hydroxylation sites is 2. The molecule has 0 aliphatic heterocycles. The molecule has 0 fully saturated rings. The molecule has 1 heterocycles. The van der Waals surface area contributed by atoms with Gasteiger partial charge in [0, 0.05) is 0 Å². The van der Waals surface area contributed by atoms with Crippen LogP contribution in [0.2, 0.25) is 0 Å². The molecule has 3 rings (SSSR count). The van der Waals surface area contributed by atoms with Crippen LogP contribution in [0.3, 0.4) is 0 Å². The van der Waals surface area contributed by atoms with Gasteiger partial charge in [-0.2, -0.15) is 4.98 Å². The third kappa shape index (κ3) is 5.90. The van der Waals surface area contributed by atoms with Gasteiger partial charge in [-0.05, 0) is 24.6 Å². The molecule has 0 saturated carbocycles. The quantitative estimate of drug-likeness (QED) is 0.585. The molecule has 8 nitrogen and oxygen atoms in total. The van der Waals surface area contributed by atoms with E-state index >= 15 is 0 Å². The van der Waals surface area contributed by atoms with Gasteiger partial charge in [-0.1, -0.05) is 47.1 Å². The summed E-state index contributed by atoms with van der Waals surface area (Å²) >= 11 is 0. The molecule has 0 atom stereocenters. The summed E-state index contributed by atoms with van der Waals surface area (Å²) in [6.45, 7) is 1.83. The second-order valence-corrected chi connectivity index (χ2v) is 6.35. The van der Waals surface area contributed by atoms with Crippen molar-refractivity contribution in [1.82, 2.24) is 10.1 Å². The van der Waals surface area contributed by atoms with Crippen molar-refractivity contribution in [1.29, 1.82) is 0 Å². The Kier molecular flexibility index (Phi) is 6.57. The summed E-state index contributed by atoms with van der Waals surface area (Å²) in [7, 11) is 1.52. The van der Waals surface area contributed by atoms with E-state index in [2.05, 4.69) is 15.5 Å². The van der Waals surface area contributed by atoms with Crippen LogP contribution in [0.15, 0.2) is 53.1 Å². The Morgan fingerprint density at radius 1 is 1.07 bits per heavy atom. The number of aryl methyl sites for hydroxylation is 1. The van der Waals surface area contributed by atoms with Crippen LogP contribution in [0, 0.1) is 6.92 Å². The zero-order valence-corrected chi connectivity index (χ0v) is 16.2. The maximum atomic E-state index is 12.2. The fraction of sp³-hybridized carbons (Fsp3) is 0.238. The number of carbonyl (C=O) groups is 2. The van der Waals surface area contributed by atoms with Crippen LogP contribution in [0.1, 0.15) is 22.8 Å². The fourth-order valence-corrected chi connectivity index (χ4v) is 2.57. The van der Waals surface area contributed by atoms with Gasteiger partial charge in [0.15, 0.2) is 12.4 Å². The smallest absolute Gasteiger partial charge is 0.310 e. The van der Waals surface area contributed by atoms with Crippen molar-refractivity contribution in [3.63, 3.8) is 0 Å². The minimum absolute atomic E-state index is 0.0845. The van der Waals surface area contributed by atoms with Crippen LogP contribution in [-0.2, 0) is 33.8 Å². The zero-order valence-electron chi connectivity index (χ0n) is 16.2. The number of nitrogens with one attached hydrogen (secondary N) is 1. The number of aromatic nitrogens is 2. The zero-order chi connectivity index (χ0) is 20.6. The van der Waals surface area contributed by atoms with Crippen molar-refractivity contribution in [3.05, 3.63) is 71.4 Å². The maximum Gasteiger partial charge on any atom is 0.310 e. The molecule has 0 radical (unpaired) electrons. The highest BCUT2D eigenvalue weighted by Gasteiger charge is 2.14. The van der Waals surface area contributed by atoms with Gasteiger partial charge in [0.1, 0.15) is 5.75 Å². The highest BCUT2D eigenvalue weighted by Crippen LogP contribution is 2.23. The van der Waals surface area contributed by atoms with Gasteiger partial charge < -0.3 is 19.3 Å². The molecule has 29 heavy (non-hydrogen) atoms. The Labute approximate surface area is 167 Å². The molecule has 0 unspecified atom stereocenters. The van der Waals surface area contributed by atoms with E-state index in [1.807, 2.05) is 31.2 Å². The predicted molar refractivity (Wildman–Crippen MR) is 104 cm³/mol. The molecule has 2 aromatic carbocycles. The molecule has 0 aliphatic rings. The number of esters is 1. The highest BCUT2D eigenvalue weighted by molar-refractivity contribution is 5.93. The van der Waals surface area contributed by atoms with Crippen LogP contribution >= 0.6 is 0 Å². The lowest BCUT2D eigenvalue weighted by atomic mass is 10.1. The second kappa shape index (κ2) is 9.50. The minimum Gasteiger partial charge on any atom is -0.495 e. The van der Waals surface area contributed by atoms with Crippen LogP contribution in [0.25, 0.3) is 0 Å². The molecule has 3 aromatic rings. The van der Waals surface area contributed by atoms with E-state index in [1.165, 1.54) is 7.11 Å². The third-order valence-electron chi connectivity index (χ3n) is 4.04. The standard InChI is InChI=1S/C21H21N3O5/c1-14-7-9-15(10-8-14)11-21(26)28-13-20-23-18(24-29-20)12-19(25)22-16-5-3-4-6-17(16)27-2/h3-10H,11-13H2,1-2H3,(H,22,25). The summed E-state index contributed by atoms with van der Waals surface area (Å²) < 4.78 is 15.4. The van der Waals surface area contributed by atoms with Gasteiger partial charge in [0.2, 0.25) is 5.91 Å². The van der Waals surface area contributed by atoms with Crippen LogP contribution in [0.5, 0.6) is 5.75 Å². The SMILES string of the molecule is COc1ccccc1NC(=O)Cc1noc(COC(=O)Cc2ccc(C)cc2)n1. The molecule has 0 spiro atoms. The number of carbonyl (C=O) groups excluding carboxylic acids is 2. The highest BCUT2D eigenvalue weighted by atomic mass is 16.6. The third-order valence-corrected chi connectivity index (χ3v) is 4.04. The average Bonchev–Trinajstić information content (AvgIpc) is 3.16. The molecule has 1 aromatic heterocycles. The number of benzene rings is 2. The number of amides is 1. The average molecular weight is 395 g/mol. The maximum absolute atomic E-state index is 12.2. The first-order valence-corrected chi connectivity index (χ1v) is 8.99. The number of hydrogen-bond donors (Lipinski definition) is 1. The van der Waals surface area contributed by atoms with Crippen LogP contribution in [-0.4, -0.2) is 29.1 Å². The summed E-state index contributed by atoms with van der Waals surface area (Å²) in [6, 6.07) is 14.7. The van der Waals surface area contributed by atoms with E-state index in [4.69, 9.17) is 14.0 Å². The predicted octanol–water partition coefficient (Wildman–Crippen LogP) is 2.85. The Morgan fingerprint density at radius 3 is 2.59 bits per heavy atom. The van der Waals surface area contributed by atoms with Crippen molar-refractivity contribution < 1.29 is 23.6 Å². The number of methoxy groups -OCH3 is 1. The molecule has 0 saturated heterocycles. The Bertz CT molecular complexity index is 982. The van der Waals surface area contributed by atoms with Gasteiger partial charge >= 0.3 is 5.97 Å². The first-order valence-electron chi connectivity index (χ1n) is 8.99.